The maximum Gasteiger partial charge on any atom is 0.311 e. The third kappa shape index (κ3) is 3.23. The highest BCUT2D eigenvalue weighted by atomic mass is 79.9. The number of carbonyl (C=O) groups is 1. The minimum atomic E-state index is -0.566. The largest absolute Gasteiger partial charge is 0.490 e. The number of para-hydroxylation sites is 1. The number of hydrogen-bond acceptors (Lipinski definition) is 4. The first-order chi connectivity index (χ1) is 8.93. The van der Waals surface area contributed by atoms with E-state index in [1.165, 1.54) is 30.2 Å². The molecule has 0 heterocycles. The maximum atomic E-state index is 12.3. The summed E-state index contributed by atoms with van der Waals surface area (Å²) in [4.78, 5) is 24.2. The highest BCUT2D eigenvalue weighted by Crippen LogP contribution is 2.31. The monoisotopic (exact) mass is 330 g/mol. The van der Waals surface area contributed by atoms with Crippen LogP contribution in [0.15, 0.2) is 18.2 Å². The molecule has 104 valence electrons. The first kappa shape index (κ1) is 15.4. The lowest BCUT2D eigenvalue weighted by atomic mass is 10.1. The normalized spacial score (nSPS) is 11.8. The van der Waals surface area contributed by atoms with Crippen LogP contribution in [0.2, 0.25) is 0 Å². The fourth-order valence-corrected chi connectivity index (χ4v) is 1.98. The molecule has 0 radical (unpaired) electrons. The Morgan fingerprint density at radius 3 is 2.68 bits per heavy atom. The van der Waals surface area contributed by atoms with Crippen LogP contribution in [0.25, 0.3) is 0 Å². The quantitative estimate of drug-likeness (QED) is 0.472. The predicted octanol–water partition coefficient (Wildman–Crippen LogP) is 2.46. The van der Waals surface area contributed by atoms with Crippen molar-refractivity contribution >= 4 is 27.5 Å². The summed E-state index contributed by atoms with van der Waals surface area (Å²) in [6.07, 6.45) is 0. The zero-order valence-electron chi connectivity index (χ0n) is 10.9. The topological polar surface area (TPSA) is 72.7 Å². The van der Waals surface area contributed by atoms with Crippen LogP contribution in [0.5, 0.6) is 5.75 Å². The number of alkyl halides is 1. The lowest BCUT2D eigenvalue weighted by molar-refractivity contribution is -0.385. The molecule has 1 unspecified atom stereocenters. The zero-order valence-corrected chi connectivity index (χ0v) is 12.5. The lowest BCUT2D eigenvalue weighted by Crippen LogP contribution is -2.36. The number of halogens is 1. The molecule has 0 spiro atoms. The second kappa shape index (κ2) is 6.51. The molecule has 0 saturated heterocycles. The Labute approximate surface area is 119 Å². The van der Waals surface area contributed by atoms with Gasteiger partial charge in [-0.2, -0.15) is 0 Å². The minimum Gasteiger partial charge on any atom is -0.490 e. The van der Waals surface area contributed by atoms with Gasteiger partial charge in [-0.1, -0.05) is 22.0 Å². The predicted molar refractivity (Wildman–Crippen MR) is 75.0 cm³/mol. The van der Waals surface area contributed by atoms with Gasteiger partial charge in [0, 0.05) is 24.5 Å². The first-order valence-corrected chi connectivity index (χ1v) is 6.70. The summed E-state index contributed by atoms with van der Waals surface area (Å²) in [6, 6.07) is 4.27. The minimum absolute atomic E-state index is 0.00822. The van der Waals surface area contributed by atoms with E-state index in [1.54, 1.807) is 7.05 Å². The van der Waals surface area contributed by atoms with Gasteiger partial charge in [0.15, 0.2) is 0 Å². The van der Waals surface area contributed by atoms with E-state index in [-0.39, 0.29) is 28.9 Å². The van der Waals surface area contributed by atoms with Gasteiger partial charge in [0.1, 0.15) is 0 Å². The average molecular weight is 331 g/mol. The van der Waals surface area contributed by atoms with Crippen molar-refractivity contribution in [3.05, 3.63) is 33.9 Å². The Bertz CT molecular complexity index is 493. The number of hydrogen-bond donors (Lipinski definition) is 0. The summed E-state index contributed by atoms with van der Waals surface area (Å²) < 4.78 is 5.02. The summed E-state index contributed by atoms with van der Waals surface area (Å²) in [5.41, 5.74) is -0.0276. The Kier molecular flexibility index (Phi) is 5.29. The lowest BCUT2D eigenvalue weighted by Gasteiger charge is -2.23. The average Bonchev–Trinajstić information content (AvgIpc) is 2.43. The van der Waals surface area contributed by atoms with Crippen LogP contribution in [0, 0.1) is 10.1 Å². The Hall–Kier alpha value is -1.63. The van der Waals surface area contributed by atoms with Gasteiger partial charge in [-0.15, -0.1) is 0 Å². The fourth-order valence-electron chi connectivity index (χ4n) is 1.55. The number of methoxy groups -OCH3 is 1. The number of nitrogens with zero attached hydrogens (tertiary/aromatic N) is 2. The van der Waals surface area contributed by atoms with Crippen molar-refractivity contribution in [3.63, 3.8) is 0 Å². The van der Waals surface area contributed by atoms with Gasteiger partial charge in [0.25, 0.3) is 5.91 Å². The van der Waals surface area contributed by atoms with Crippen molar-refractivity contribution in [2.24, 2.45) is 0 Å². The Morgan fingerprint density at radius 2 is 2.21 bits per heavy atom. The molecule has 1 rings (SSSR count). The van der Waals surface area contributed by atoms with Gasteiger partial charge in [-0.25, -0.2) is 0 Å². The van der Waals surface area contributed by atoms with E-state index < -0.39 is 4.92 Å². The SMILES string of the molecule is COc1c(C(=O)N(C)C(C)CBr)cccc1[N+](=O)[O-]. The van der Waals surface area contributed by atoms with Gasteiger partial charge >= 0.3 is 5.69 Å². The summed E-state index contributed by atoms with van der Waals surface area (Å²) in [5.74, 6) is -0.321. The van der Waals surface area contributed by atoms with E-state index in [1.807, 2.05) is 6.92 Å². The highest BCUT2D eigenvalue weighted by Gasteiger charge is 2.25. The third-order valence-electron chi connectivity index (χ3n) is 2.83. The number of carbonyl (C=O) groups excluding carboxylic acids is 1. The van der Waals surface area contributed by atoms with Crippen molar-refractivity contribution in [2.75, 3.05) is 19.5 Å². The van der Waals surface area contributed by atoms with Crippen LogP contribution in [0.3, 0.4) is 0 Å². The Balaban J connectivity index is 3.24. The van der Waals surface area contributed by atoms with Crippen molar-refractivity contribution < 1.29 is 14.5 Å². The number of rotatable bonds is 5. The summed E-state index contributed by atoms with van der Waals surface area (Å²) in [6.45, 7) is 1.87. The molecule has 7 heteroatoms. The van der Waals surface area contributed by atoms with E-state index in [2.05, 4.69) is 15.9 Å². The van der Waals surface area contributed by atoms with Crippen molar-refractivity contribution in [1.82, 2.24) is 4.90 Å². The van der Waals surface area contributed by atoms with E-state index in [0.29, 0.717) is 5.33 Å². The van der Waals surface area contributed by atoms with Crippen molar-refractivity contribution in [2.45, 2.75) is 13.0 Å². The number of benzene rings is 1. The zero-order chi connectivity index (χ0) is 14.6. The molecule has 19 heavy (non-hydrogen) atoms. The molecular weight excluding hydrogens is 316 g/mol. The summed E-state index contributed by atoms with van der Waals surface area (Å²) >= 11 is 3.30. The molecule has 0 aliphatic rings. The molecule has 0 aliphatic carbocycles. The molecule has 6 nitrogen and oxygen atoms in total. The van der Waals surface area contributed by atoms with Gasteiger partial charge in [-0.05, 0) is 13.0 Å². The second-order valence-corrected chi connectivity index (χ2v) is 4.68. The number of amides is 1. The maximum absolute atomic E-state index is 12.3. The van der Waals surface area contributed by atoms with E-state index in [4.69, 9.17) is 4.74 Å². The molecule has 1 amide bonds. The molecule has 1 aromatic rings. The number of ether oxygens (including phenoxy) is 1. The van der Waals surface area contributed by atoms with E-state index in [0.717, 1.165) is 0 Å². The van der Waals surface area contributed by atoms with E-state index >= 15 is 0 Å². The fraction of sp³-hybridized carbons (Fsp3) is 0.417. The van der Waals surface area contributed by atoms with Crippen LogP contribution in [0.4, 0.5) is 5.69 Å². The Morgan fingerprint density at radius 1 is 1.58 bits per heavy atom. The molecule has 0 N–H and O–H groups in total. The molecule has 0 aliphatic heterocycles. The van der Waals surface area contributed by atoms with Crippen LogP contribution in [-0.4, -0.2) is 41.3 Å². The van der Waals surface area contributed by atoms with Gasteiger partial charge in [0.05, 0.1) is 17.6 Å². The van der Waals surface area contributed by atoms with Gasteiger partial charge in [0.2, 0.25) is 5.75 Å². The molecule has 0 aromatic heterocycles. The molecule has 1 aromatic carbocycles. The molecule has 0 saturated carbocycles. The molecule has 0 fully saturated rings. The highest BCUT2D eigenvalue weighted by molar-refractivity contribution is 9.09. The third-order valence-corrected chi connectivity index (χ3v) is 3.77. The number of nitro groups is 1. The first-order valence-electron chi connectivity index (χ1n) is 5.58. The van der Waals surface area contributed by atoms with Crippen LogP contribution >= 0.6 is 15.9 Å². The molecule has 1 atom stereocenters. The molecular formula is C12H15BrN2O4. The second-order valence-electron chi connectivity index (χ2n) is 4.03. The van der Waals surface area contributed by atoms with Crippen LogP contribution < -0.4 is 4.74 Å². The summed E-state index contributed by atoms with van der Waals surface area (Å²) in [7, 11) is 2.96. The standard InChI is InChI=1S/C12H15BrN2O4/c1-8(7-13)14(2)12(16)9-5-4-6-10(15(17)18)11(9)19-3/h4-6,8H,7H2,1-3H3. The van der Waals surface area contributed by atoms with Crippen molar-refractivity contribution in [3.8, 4) is 5.75 Å². The van der Waals surface area contributed by atoms with Crippen LogP contribution in [0.1, 0.15) is 17.3 Å². The number of nitro benzene ring substituents is 1. The van der Waals surface area contributed by atoms with Gasteiger partial charge < -0.3 is 9.64 Å². The van der Waals surface area contributed by atoms with E-state index in [9.17, 15) is 14.9 Å². The van der Waals surface area contributed by atoms with Crippen molar-refractivity contribution in [1.29, 1.82) is 0 Å². The molecule has 0 bridgehead atoms. The van der Waals surface area contributed by atoms with Crippen LogP contribution in [-0.2, 0) is 0 Å². The smallest absolute Gasteiger partial charge is 0.311 e. The van der Waals surface area contributed by atoms with Gasteiger partial charge in [-0.3, -0.25) is 14.9 Å². The summed E-state index contributed by atoms with van der Waals surface area (Å²) in [5, 5.41) is 11.5.